The maximum Gasteiger partial charge on any atom is 0.228 e. The van der Waals surface area contributed by atoms with Crippen LogP contribution in [0.15, 0.2) is 30.6 Å². The van der Waals surface area contributed by atoms with E-state index in [1.54, 1.807) is 18.3 Å². The van der Waals surface area contributed by atoms with Gasteiger partial charge in [-0.05, 0) is 44.9 Å². The summed E-state index contributed by atoms with van der Waals surface area (Å²) in [4.78, 5) is 20.3. The molecule has 0 amide bonds. The number of hydrogen-bond donors (Lipinski definition) is 0. The Labute approximate surface area is 212 Å². The number of aromatic nitrogens is 6. The molecule has 3 aromatic heterocycles. The van der Waals surface area contributed by atoms with Gasteiger partial charge in [0.2, 0.25) is 5.95 Å². The molecule has 1 aliphatic heterocycles. The van der Waals surface area contributed by atoms with Gasteiger partial charge in [-0.2, -0.15) is 10.1 Å². The van der Waals surface area contributed by atoms with Crippen molar-refractivity contribution in [1.82, 2.24) is 29.7 Å². The molecule has 1 saturated heterocycles. The molecule has 0 radical (unpaired) electrons. The number of benzene rings is 1. The highest BCUT2D eigenvalue weighted by Gasteiger charge is 2.37. The summed E-state index contributed by atoms with van der Waals surface area (Å²) in [5.41, 5.74) is 3.23. The average molecular weight is 528 g/mol. The summed E-state index contributed by atoms with van der Waals surface area (Å²) >= 11 is 5.98. The number of rotatable bonds is 4. The first-order valence-electron chi connectivity index (χ1n) is 11.7. The summed E-state index contributed by atoms with van der Waals surface area (Å²) < 4.78 is 42.9. The smallest absolute Gasteiger partial charge is 0.228 e. The van der Waals surface area contributed by atoms with Crippen molar-refractivity contribution in [1.29, 1.82) is 0 Å². The fourth-order valence-electron chi connectivity index (χ4n) is 4.45. The van der Waals surface area contributed by atoms with Crippen LogP contribution < -0.4 is 4.90 Å². The number of sulfone groups is 1. The van der Waals surface area contributed by atoms with Crippen LogP contribution in [0.25, 0.3) is 22.4 Å². The first-order valence-corrected chi connectivity index (χ1v) is 13.8. The zero-order valence-corrected chi connectivity index (χ0v) is 21.3. The molecule has 9 nitrogen and oxygen atoms in total. The summed E-state index contributed by atoms with van der Waals surface area (Å²) in [6.45, 7) is 4.01. The lowest BCUT2D eigenvalue weighted by atomic mass is 10.1. The molecule has 1 atom stereocenters. The molecule has 186 valence electrons. The third-order valence-electron chi connectivity index (χ3n) is 6.78. The molecular formula is C24H23ClFN7O2S. The van der Waals surface area contributed by atoms with Gasteiger partial charge in [0.15, 0.2) is 15.5 Å². The molecule has 6 rings (SSSR count). The number of hydrogen-bond acceptors (Lipinski definition) is 8. The van der Waals surface area contributed by atoms with Gasteiger partial charge >= 0.3 is 0 Å². The highest BCUT2D eigenvalue weighted by Crippen LogP contribution is 2.37. The van der Waals surface area contributed by atoms with Crippen LogP contribution in [0, 0.1) is 19.7 Å². The highest BCUT2D eigenvalue weighted by molar-refractivity contribution is 7.91. The molecule has 4 heterocycles. The van der Waals surface area contributed by atoms with E-state index in [9.17, 15) is 12.8 Å². The molecule has 0 N–H and O–H groups in total. The molecule has 12 heteroatoms. The van der Waals surface area contributed by atoms with Crippen molar-refractivity contribution in [2.24, 2.45) is 0 Å². The lowest BCUT2D eigenvalue weighted by molar-refractivity contribution is 0.565. The van der Waals surface area contributed by atoms with Gasteiger partial charge in [-0.25, -0.2) is 27.8 Å². The molecule has 1 aliphatic carbocycles. The zero-order valence-electron chi connectivity index (χ0n) is 19.7. The molecule has 36 heavy (non-hydrogen) atoms. The Morgan fingerprint density at radius 1 is 1.08 bits per heavy atom. The minimum absolute atomic E-state index is 0.0586. The van der Waals surface area contributed by atoms with Crippen LogP contribution in [0.4, 0.5) is 10.3 Å². The predicted molar refractivity (Wildman–Crippen MR) is 134 cm³/mol. The largest absolute Gasteiger partial charge is 0.338 e. The van der Waals surface area contributed by atoms with Crippen LogP contribution in [-0.2, 0) is 9.84 Å². The lowest BCUT2D eigenvalue weighted by Gasteiger charge is -2.32. The van der Waals surface area contributed by atoms with Crippen LogP contribution in [0.1, 0.15) is 41.1 Å². The van der Waals surface area contributed by atoms with Crippen LogP contribution >= 0.6 is 11.6 Å². The van der Waals surface area contributed by atoms with Crippen molar-refractivity contribution in [2.45, 2.75) is 38.0 Å². The lowest BCUT2D eigenvalue weighted by Crippen LogP contribution is -2.43. The van der Waals surface area contributed by atoms with Crippen LogP contribution in [0.2, 0.25) is 5.02 Å². The Morgan fingerprint density at radius 2 is 1.86 bits per heavy atom. The SMILES string of the molecule is Cc1nc2nc(N3CCS(=O)(=O)[C@H](c4cnn(C5CC5)c4)C3)nc(-c3ccc(Cl)cc3F)c2nc1C. The van der Waals surface area contributed by atoms with E-state index in [1.165, 1.54) is 6.07 Å². The van der Waals surface area contributed by atoms with Crippen molar-refractivity contribution < 1.29 is 12.8 Å². The highest BCUT2D eigenvalue weighted by atomic mass is 35.5. The standard InChI is InChI=1S/C24H23ClFN7O2S/c1-13-14(2)29-23-22(28-13)21(18-6-3-16(25)9-19(18)26)30-24(31-23)32-7-8-36(34,35)20(12-32)15-10-27-33(11-15)17-4-5-17/h3,6,9-11,17,20H,4-5,7-8,12H2,1-2H3/t20-/m0/s1. The van der Waals surface area contributed by atoms with E-state index < -0.39 is 20.9 Å². The number of halogens is 2. The monoisotopic (exact) mass is 527 g/mol. The average Bonchev–Trinajstić information content (AvgIpc) is 3.56. The van der Waals surface area contributed by atoms with E-state index in [0.29, 0.717) is 34.2 Å². The topological polar surface area (TPSA) is 107 Å². The minimum atomic E-state index is -3.39. The third kappa shape index (κ3) is 4.09. The van der Waals surface area contributed by atoms with Gasteiger partial charge in [-0.15, -0.1) is 0 Å². The van der Waals surface area contributed by atoms with E-state index in [2.05, 4.69) is 25.0 Å². The van der Waals surface area contributed by atoms with E-state index >= 15 is 0 Å². The normalized spacial score (nSPS) is 19.7. The summed E-state index contributed by atoms with van der Waals surface area (Å²) in [6, 6.07) is 4.71. The second-order valence-corrected chi connectivity index (χ2v) is 12.1. The number of anilines is 1. The minimum Gasteiger partial charge on any atom is -0.338 e. The number of nitrogens with zero attached hydrogens (tertiary/aromatic N) is 7. The maximum atomic E-state index is 15.0. The van der Waals surface area contributed by atoms with E-state index in [-0.39, 0.29) is 41.1 Å². The Morgan fingerprint density at radius 3 is 2.61 bits per heavy atom. The summed E-state index contributed by atoms with van der Waals surface area (Å²) in [6.07, 6.45) is 5.58. The van der Waals surface area contributed by atoms with Crippen molar-refractivity contribution in [3.8, 4) is 11.3 Å². The van der Waals surface area contributed by atoms with Crippen LogP contribution in [-0.4, -0.2) is 57.0 Å². The van der Waals surface area contributed by atoms with Crippen molar-refractivity contribution in [3.63, 3.8) is 0 Å². The molecular weight excluding hydrogens is 505 g/mol. The van der Waals surface area contributed by atoms with Gasteiger partial charge < -0.3 is 4.90 Å². The predicted octanol–water partition coefficient (Wildman–Crippen LogP) is 4.00. The molecule has 0 unspecified atom stereocenters. The Hall–Kier alpha value is -3.18. The summed E-state index contributed by atoms with van der Waals surface area (Å²) in [5.74, 6) is -0.323. The molecule has 0 bridgehead atoms. The van der Waals surface area contributed by atoms with Crippen molar-refractivity contribution in [2.75, 3.05) is 23.7 Å². The first-order chi connectivity index (χ1) is 17.2. The van der Waals surface area contributed by atoms with Crippen molar-refractivity contribution in [3.05, 3.63) is 58.4 Å². The van der Waals surface area contributed by atoms with Gasteiger partial charge in [0.05, 0.1) is 29.4 Å². The first kappa shape index (κ1) is 23.2. The van der Waals surface area contributed by atoms with E-state index in [4.69, 9.17) is 11.6 Å². The Kier molecular flexibility index (Phi) is 5.45. The van der Waals surface area contributed by atoms with Crippen LogP contribution in [0.5, 0.6) is 0 Å². The summed E-state index contributed by atoms with van der Waals surface area (Å²) in [5, 5.41) is 3.88. The molecule has 0 spiro atoms. The molecule has 1 saturated carbocycles. The second kappa shape index (κ2) is 8.45. The van der Waals surface area contributed by atoms with E-state index in [1.807, 2.05) is 29.6 Å². The third-order valence-corrected chi connectivity index (χ3v) is 9.05. The van der Waals surface area contributed by atoms with Gasteiger partial charge in [-0.1, -0.05) is 11.6 Å². The van der Waals surface area contributed by atoms with Gasteiger partial charge in [0.25, 0.3) is 0 Å². The molecule has 2 fully saturated rings. The molecule has 1 aromatic carbocycles. The fourth-order valence-corrected chi connectivity index (χ4v) is 6.31. The summed E-state index contributed by atoms with van der Waals surface area (Å²) in [7, 11) is -3.39. The van der Waals surface area contributed by atoms with Gasteiger partial charge in [0.1, 0.15) is 22.3 Å². The molecule has 4 aromatic rings. The Balaban J connectivity index is 1.45. The zero-order chi connectivity index (χ0) is 25.2. The molecule has 2 aliphatic rings. The van der Waals surface area contributed by atoms with Crippen LogP contribution in [0.3, 0.4) is 0 Å². The quantitative estimate of drug-likeness (QED) is 0.392. The Bertz CT molecular complexity index is 1620. The fraction of sp³-hybridized carbons (Fsp3) is 0.375. The second-order valence-electron chi connectivity index (χ2n) is 9.35. The van der Waals surface area contributed by atoms with E-state index in [0.717, 1.165) is 12.8 Å². The maximum absolute atomic E-state index is 15.0. The number of aryl methyl sites for hydroxylation is 2. The van der Waals surface area contributed by atoms with Gasteiger partial charge in [0, 0.05) is 35.4 Å². The van der Waals surface area contributed by atoms with Gasteiger partial charge in [-0.3, -0.25) is 4.68 Å². The number of fused-ring (bicyclic) bond motifs is 1. The van der Waals surface area contributed by atoms with Crippen molar-refractivity contribution >= 4 is 38.6 Å².